The van der Waals surface area contributed by atoms with Crippen LogP contribution in [0.4, 0.5) is 10.2 Å². The number of anilines is 1. The van der Waals surface area contributed by atoms with E-state index in [4.69, 9.17) is 0 Å². The number of halogens is 1. The van der Waals surface area contributed by atoms with Gasteiger partial charge in [0.15, 0.2) is 5.82 Å². The van der Waals surface area contributed by atoms with Crippen molar-refractivity contribution in [2.45, 2.75) is 25.6 Å². The van der Waals surface area contributed by atoms with Crippen molar-refractivity contribution in [3.05, 3.63) is 40.2 Å². The van der Waals surface area contributed by atoms with E-state index in [0.717, 1.165) is 11.1 Å². The number of aryl methyl sites for hydroxylation is 1. The Kier molecular flexibility index (Phi) is 4.56. The van der Waals surface area contributed by atoms with Crippen molar-refractivity contribution in [2.24, 2.45) is 0 Å². The second-order valence-corrected chi connectivity index (χ2v) is 6.62. The van der Waals surface area contributed by atoms with E-state index in [0.29, 0.717) is 25.3 Å². The van der Waals surface area contributed by atoms with Crippen LogP contribution in [0.25, 0.3) is 0 Å². The topological polar surface area (TPSA) is 49.3 Å². The fraction of sp³-hybridized carbons (Fsp3) is 0.438. The van der Waals surface area contributed by atoms with Gasteiger partial charge in [0.1, 0.15) is 6.17 Å². The summed E-state index contributed by atoms with van der Waals surface area (Å²) >= 11 is 1.52. The average molecular weight is 334 g/mol. The Morgan fingerprint density at radius 1 is 1.52 bits per heavy atom. The van der Waals surface area contributed by atoms with Gasteiger partial charge in [-0.1, -0.05) is 0 Å². The molecule has 0 bridgehead atoms. The third-order valence-corrected chi connectivity index (χ3v) is 4.99. The van der Waals surface area contributed by atoms with Crippen LogP contribution in [0.5, 0.6) is 0 Å². The number of likely N-dealkylation sites (N-methyl/N-ethyl adjacent to an activating group) is 1. The molecule has 23 heavy (non-hydrogen) atoms. The van der Waals surface area contributed by atoms with E-state index < -0.39 is 6.17 Å². The van der Waals surface area contributed by atoms with Gasteiger partial charge in [-0.15, -0.1) is 5.10 Å². The van der Waals surface area contributed by atoms with Crippen LogP contribution in [-0.2, 0) is 0 Å². The van der Waals surface area contributed by atoms with Crippen molar-refractivity contribution in [1.82, 2.24) is 15.1 Å². The summed E-state index contributed by atoms with van der Waals surface area (Å²) < 4.78 is 13.9. The van der Waals surface area contributed by atoms with Gasteiger partial charge in [-0.05, 0) is 30.0 Å². The Balaban J connectivity index is 1.73. The summed E-state index contributed by atoms with van der Waals surface area (Å²) in [6, 6.07) is 3.52. The van der Waals surface area contributed by atoms with Crippen molar-refractivity contribution in [2.75, 3.05) is 25.0 Å². The molecule has 122 valence electrons. The van der Waals surface area contributed by atoms with E-state index in [9.17, 15) is 9.18 Å². The van der Waals surface area contributed by atoms with E-state index in [1.54, 1.807) is 24.2 Å². The van der Waals surface area contributed by atoms with Crippen LogP contribution in [-0.4, -0.2) is 53.4 Å². The minimum atomic E-state index is -0.909. The highest BCUT2D eigenvalue weighted by Gasteiger charge is 2.34. The maximum Gasteiger partial charge on any atom is 0.254 e. The summed E-state index contributed by atoms with van der Waals surface area (Å²) in [5, 5.41) is 11.8. The van der Waals surface area contributed by atoms with Crippen molar-refractivity contribution in [1.29, 1.82) is 0 Å². The standard InChI is InChI=1S/C16H19FN4OS/c1-11-9-23-10-14(11)16(22)20(2)8-13-6-12(17)7-21(13)15-4-3-5-18-19-15/h3-5,9-10,12-13H,6-8H2,1-2H3/t12-,13-/m0/s1. The maximum absolute atomic E-state index is 13.9. The van der Waals surface area contributed by atoms with E-state index in [-0.39, 0.29) is 11.9 Å². The van der Waals surface area contributed by atoms with Crippen LogP contribution in [0.1, 0.15) is 22.3 Å². The molecule has 0 spiro atoms. The average Bonchev–Trinajstić information content (AvgIpc) is 3.13. The quantitative estimate of drug-likeness (QED) is 0.862. The first-order valence-corrected chi connectivity index (χ1v) is 8.47. The molecule has 2 aromatic rings. The van der Waals surface area contributed by atoms with E-state index >= 15 is 0 Å². The first-order valence-electron chi connectivity index (χ1n) is 7.53. The predicted molar refractivity (Wildman–Crippen MR) is 88.7 cm³/mol. The number of rotatable bonds is 4. The second-order valence-electron chi connectivity index (χ2n) is 5.88. The van der Waals surface area contributed by atoms with Gasteiger partial charge in [-0.25, -0.2) is 4.39 Å². The number of amides is 1. The number of hydrogen-bond donors (Lipinski definition) is 0. The fourth-order valence-corrected chi connectivity index (χ4v) is 3.77. The molecule has 3 heterocycles. The molecule has 2 aromatic heterocycles. The lowest BCUT2D eigenvalue weighted by molar-refractivity contribution is 0.0785. The first-order chi connectivity index (χ1) is 11.1. The van der Waals surface area contributed by atoms with Crippen molar-refractivity contribution < 1.29 is 9.18 Å². The van der Waals surface area contributed by atoms with Crippen LogP contribution in [0, 0.1) is 6.92 Å². The smallest absolute Gasteiger partial charge is 0.254 e. The van der Waals surface area contributed by atoms with Gasteiger partial charge < -0.3 is 9.80 Å². The Morgan fingerprint density at radius 3 is 3.00 bits per heavy atom. The zero-order chi connectivity index (χ0) is 16.4. The van der Waals surface area contributed by atoms with E-state index in [1.807, 2.05) is 28.7 Å². The van der Waals surface area contributed by atoms with E-state index in [2.05, 4.69) is 10.2 Å². The third-order valence-electron chi connectivity index (χ3n) is 4.13. The fourth-order valence-electron chi connectivity index (χ4n) is 2.94. The lowest BCUT2D eigenvalue weighted by atomic mass is 10.1. The van der Waals surface area contributed by atoms with Crippen LogP contribution in [0.3, 0.4) is 0 Å². The van der Waals surface area contributed by atoms with Crippen LogP contribution >= 0.6 is 11.3 Å². The summed E-state index contributed by atoms with van der Waals surface area (Å²) in [6.07, 6.45) is 1.08. The normalized spacial score (nSPS) is 20.7. The largest absolute Gasteiger partial charge is 0.347 e. The highest BCUT2D eigenvalue weighted by Crippen LogP contribution is 2.26. The molecule has 0 aliphatic carbocycles. The second kappa shape index (κ2) is 6.62. The summed E-state index contributed by atoms with van der Waals surface area (Å²) in [5.74, 6) is 0.635. The SMILES string of the molecule is Cc1cscc1C(=O)N(C)C[C@@H]1C[C@H](F)CN1c1cccnn1. The molecule has 1 fully saturated rings. The third kappa shape index (κ3) is 3.34. The lowest BCUT2D eigenvalue weighted by Crippen LogP contribution is -2.41. The van der Waals surface area contributed by atoms with Gasteiger partial charge in [-0.2, -0.15) is 16.4 Å². The van der Waals surface area contributed by atoms with Gasteiger partial charge >= 0.3 is 0 Å². The maximum atomic E-state index is 13.9. The minimum Gasteiger partial charge on any atom is -0.347 e. The molecule has 0 saturated carbocycles. The highest BCUT2D eigenvalue weighted by atomic mass is 32.1. The number of carbonyl (C=O) groups is 1. The molecule has 0 N–H and O–H groups in total. The Bertz CT molecular complexity index is 678. The molecular weight excluding hydrogens is 315 g/mol. The zero-order valence-corrected chi connectivity index (χ0v) is 14.0. The van der Waals surface area contributed by atoms with Gasteiger partial charge in [-0.3, -0.25) is 4.79 Å². The number of carbonyl (C=O) groups excluding carboxylic acids is 1. The lowest BCUT2D eigenvalue weighted by Gasteiger charge is -2.28. The molecule has 1 saturated heterocycles. The van der Waals surface area contributed by atoms with E-state index in [1.165, 1.54) is 11.3 Å². The van der Waals surface area contributed by atoms with Crippen LogP contribution < -0.4 is 4.90 Å². The molecule has 5 nitrogen and oxygen atoms in total. The van der Waals surface area contributed by atoms with Gasteiger partial charge in [0, 0.05) is 31.6 Å². The molecule has 2 atom stereocenters. The summed E-state index contributed by atoms with van der Waals surface area (Å²) in [4.78, 5) is 16.1. The number of hydrogen-bond acceptors (Lipinski definition) is 5. The van der Waals surface area contributed by atoms with Gasteiger partial charge in [0.25, 0.3) is 5.91 Å². The van der Waals surface area contributed by atoms with Gasteiger partial charge in [0.2, 0.25) is 0 Å². The van der Waals surface area contributed by atoms with Crippen molar-refractivity contribution in [3.63, 3.8) is 0 Å². The summed E-state index contributed by atoms with van der Waals surface area (Å²) in [6.45, 7) is 2.69. The summed E-state index contributed by atoms with van der Waals surface area (Å²) in [5.41, 5.74) is 1.70. The zero-order valence-electron chi connectivity index (χ0n) is 13.1. The highest BCUT2D eigenvalue weighted by molar-refractivity contribution is 7.08. The molecule has 1 aliphatic rings. The van der Waals surface area contributed by atoms with Gasteiger partial charge in [0.05, 0.1) is 18.2 Å². The Morgan fingerprint density at radius 2 is 2.35 bits per heavy atom. The molecule has 0 unspecified atom stereocenters. The Labute approximate surface area is 138 Å². The number of nitrogens with zero attached hydrogens (tertiary/aromatic N) is 4. The van der Waals surface area contributed by atoms with Crippen LogP contribution in [0.2, 0.25) is 0 Å². The molecule has 0 aromatic carbocycles. The molecular formula is C16H19FN4OS. The van der Waals surface area contributed by atoms with Crippen molar-refractivity contribution in [3.8, 4) is 0 Å². The molecule has 7 heteroatoms. The molecule has 1 amide bonds. The monoisotopic (exact) mass is 334 g/mol. The molecule has 1 aliphatic heterocycles. The van der Waals surface area contributed by atoms with Crippen LogP contribution in [0.15, 0.2) is 29.1 Å². The molecule has 3 rings (SSSR count). The Hall–Kier alpha value is -2.02. The van der Waals surface area contributed by atoms with Crippen molar-refractivity contribution >= 4 is 23.1 Å². The number of thiophene rings is 1. The number of aromatic nitrogens is 2. The number of alkyl halides is 1. The predicted octanol–water partition coefficient (Wildman–Crippen LogP) is 2.54. The first kappa shape index (κ1) is 15.9. The minimum absolute atomic E-state index is 0.0230. The molecule has 0 radical (unpaired) electrons. The summed E-state index contributed by atoms with van der Waals surface area (Å²) in [7, 11) is 1.76.